The predicted molar refractivity (Wildman–Crippen MR) is 85.7 cm³/mol. The van der Waals surface area contributed by atoms with Gasteiger partial charge in [-0.15, -0.1) is 11.3 Å². The fraction of sp³-hybridized carbons (Fsp3) is 0.154. The van der Waals surface area contributed by atoms with Crippen molar-refractivity contribution in [2.24, 2.45) is 0 Å². The number of sulfonamides is 1. The number of hydrogen-bond acceptors (Lipinski definition) is 4. The van der Waals surface area contributed by atoms with E-state index in [1.54, 1.807) is 26.0 Å². The molecule has 1 aromatic carbocycles. The third-order valence-corrected chi connectivity index (χ3v) is 6.03. The van der Waals surface area contributed by atoms with Crippen LogP contribution in [0.25, 0.3) is 0 Å². The number of aromatic carboxylic acids is 1. The van der Waals surface area contributed by atoms with E-state index >= 15 is 0 Å². The van der Waals surface area contributed by atoms with Gasteiger partial charge in [0.1, 0.15) is 4.90 Å². The molecule has 0 saturated heterocycles. The van der Waals surface area contributed by atoms with Gasteiger partial charge >= 0.3 is 5.97 Å². The first kappa shape index (κ1) is 16.0. The first-order valence-corrected chi connectivity index (χ1v) is 8.93. The van der Waals surface area contributed by atoms with Gasteiger partial charge in [-0.1, -0.05) is 12.1 Å². The molecule has 0 aliphatic heterocycles. The van der Waals surface area contributed by atoms with E-state index in [2.05, 4.69) is 20.7 Å². The lowest BCUT2D eigenvalue weighted by Gasteiger charge is -2.12. The lowest BCUT2D eigenvalue weighted by molar-refractivity contribution is 0.0698. The Labute approximate surface area is 134 Å². The Morgan fingerprint density at radius 2 is 2.00 bits per heavy atom. The van der Waals surface area contributed by atoms with E-state index in [4.69, 9.17) is 0 Å². The molecule has 0 bridgehead atoms. The Balaban J connectivity index is 2.52. The Kier molecular flexibility index (Phi) is 4.40. The average Bonchev–Trinajstić information content (AvgIpc) is 2.71. The molecule has 21 heavy (non-hydrogen) atoms. The molecule has 8 heteroatoms. The third kappa shape index (κ3) is 3.28. The SMILES string of the molecule is Cc1cccc(C(=O)O)c1NS(=O)(=O)c1cc(Br)sc1C. The van der Waals surface area contributed by atoms with E-state index in [9.17, 15) is 18.3 Å². The average molecular weight is 390 g/mol. The quantitative estimate of drug-likeness (QED) is 0.835. The third-order valence-electron chi connectivity index (χ3n) is 2.87. The zero-order valence-electron chi connectivity index (χ0n) is 11.2. The first-order valence-electron chi connectivity index (χ1n) is 5.84. The number of thiophene rings is 1. The van der Waals surface area contributed by atoms with Gasteiger partial charge in [-0.05, 0) is 47.5 Å². The maximum atomic E-state index is 12.4. The number of anilines is 1. The van der Waals surface area contributed by atoms with Gasteiger partial charge < -0.3 is 5.11 Å². The van der Waals surface area contributed by atoms with E-state index in [0.717, 1.165) is 0 Å². The largest absolute Gasteiger partial charge is 0.478 e. The molecule has 0 aliphatic carbocycles. The van der Waals surface area contributed by atoms with Crippen molar-refractivity contribution in [2.45, 2.75) is 18.7 Å². The highest BCUT2D eigenvalue weighted by Crippen LogP contribution is 2.32. The second-order valence-electron chi connectivity index (χ2n) is 4.38. The summed E-state index contributed by atoms with van der Waals surface area (Å²) in [4.78, 5) is 12.0. The van der Waals surface area contributed by atoms with Gasteiger partial charge in [0.05, 0.1) is 15.0 Å². The Hall–Kier alpha value is -1.38. The Morgan fingerprint density at radius 3 is 2.52 bits per heavy atom. The van der Waals surface area contributed by atoms with Gasteiger partial charge in [0.25, 0.3) is 10.0 Å². The normalized spacial score (nSPS) is 11.4. The molecule has 112 valence electrons. The second kappa shape index (κ2) is 5.78. The smallest absolute Gasteiger partial charge is 0.337 e. The molecule has 0 radical (unpaired) electrons. The Morgan fingerprint density at radius 1 is 1.33 bits per heavy atom. The minimum absolute atomic E-state index is 0.0782. The number of para-hydroxylation sites is 1. The molecule has 0 saturated carbocycles. The zero-order valence-corrected chi connectivity index (χ0v) is 14.4. The number of aryl methyl sites for hydroxylation is 2. The van der Waals surface area contributed by atoms with E-state index < -0.39 is 16.0 Å². The zero-order chi connectivity index (χ0) is 15.8. The van der Waals surface area contributed by atoms with Crippen molar-refractivity contribution in [1.82, 2.24) is 0 Å². The Bertz CT molecular complexity index is 812. The number of carboxylic acids is 1. The van der Waals surface area contributed by atoms with Crippen LogP contribution in [0.3, 0.4) is 0 Å². The summed E-state index contributed by atoms with van der Waals surface area (Å²) >= 11 is 4.55. The molecule has 2 aromatic rings. The maximum Gasteiger partial charge on any atom is 0.337 e. The number of carboxylic acid groups (broad SMARTS) is 1. The molecule has 0 fully saturated rings. The summed E-state index contributed by atoms with van der Waals surface area (Å²) in [6.07, 6.45) is 0. The topological polar surface area (TPSA) is 83.5 Å². The van der Waals surface area contributed by atoms with Crippen molar-refractivity contribution in [2.75, 3.05) is 4.72 Å². The van der Waals surface area contributed by atoms with Crippen LogP contribution < -0.4 is 4.72 Å². The molecular formula is C13H12BrNO4S2. The highest BCUT2D eigenvalue weighted by Gasteiger charge is 2.23. The van der Waals surface area contributed by atoms with Crippen LogP contribution in [0.15, 0.2) is 32.9 Å². The van der Waals surface area contributed by atoms with Crippen molar-refractivity contribution in [3.8, 4) is 0 Å². The second-order valence-corrected chi connectivity index (χ2v) is 8.67. The van der Waals surface area contributed by atoms with E-state index in [1.165, 1.54) is 23.5 Å². The van der Waals surface area contributed by atoms with Crippen molar-refractivity contribution in [3.63, 3.8) is 0 Å². The fourth-order valence-corrected chi connectivity index (χ4v) is 5.44. The van der Waals surface area contributed by atoms with E-state index in [1.807, 2.05) is 0 Å². The van der Waals surface area contributed by atoms with Crippen molar-refractivity contribution < 1.29 is 18.3 Å². The number of hydrogen-bond donors (Lipinski definition) is 2. The molecule has 2 rings (SSSR count). The van der Waals surface area contributed by atoms with Gasteiger partial charge in [-0.2, -0.15) is 0 Å². The summed E-state index contributed by atoms with van der Waals surface area (Å²) in [6, 6.07) is 6.09. The van der Waals surface area contributed by atoms with Gasteiger partial charge in [0.15, 0.2) is 0 Å². The molecule has 2 N–H and O–H groups in total. The lowest BCUT2D eigenvalue weighted by atomic mass is 10.1. The van der Waals surface area contributed by atoms with Gasteiger partial charge in [-0.25, -0.2) is 13.2 Å². The van der Waals surface area contributed by atoms with Crippen LogP contribution in [0, 0.1) is 13.8 Å². The lowest BCUT2D eigenvalue weighted by Crippen LogP contribution is -2.16. The number of nitrogens with one attached hydrogen (secondary N) is 1. The number of halogens is 1. The minimum Gasteiger partial charge on any atom is -0.478 e. The highest BCUT2D eigenvalue weighted by atomic mass is 79.9. The highest BCUT2D eigenvalue weighted by molar-refractivity contribution is 9.11. The molecule has 0 spiro atoms. The van der Waals surface area contributed by atoms with Crippen molar-refractivity contribution >= 4 is 48.9 Å². The van der Waals surface area contributed by atoms with Crippen LogP contribution in [0.4, 0.5) is 5.69 Å². The van der Waals surface area contributed by atoms with Gasteiger partial charge in [0.2, 0.25) is 0 Å². The number of carbonyl (C=O) groups is 1. The monoisotopic (exact) mass is 389 g/mol. The van der Waals surface area contributed by atoms with Crippen molar-refractivity contribution in [3.05, 3.63) is 44.1 Å². The molecule has 1 heterocycles. The summed E-state index contributed by atoms with van der Waals surface area (Å²) in [6.45, 7) is 3.35. The van der Waals surface area contributed by atoms with E-state index in [-0.39, 0.29) is 16.1 Å². The van der Waals surface area contributed by atoms with Crippen LogP contribution in [0.1, 0.15) is 20.8 Å². The summed E-state index contributed by atoms with van der Waals surface area (Å²) in [5, 5.41) is 9.18. The maximum absolute atomic E-state index is 12.4. The summed E-state index contributed by atoms with van der Waals surface area (Å²) < 4.78 is 28.0. The molecule has 0 aliphatic rings. The molecule has 0 unspecified atom stereocenters. The first-order chi connectivity index (χ1) is 9.72. The predicted octanol–water partition coefficient (Wildman–Crippen LogP) is 3.63. The van der Waals surface area contributed by atoms with Gasteiger partial charge in [-0.3, -0.25) is 4.72 Å². The van der Waals surface area contributed by atoms with Crippen LogP contribution in [-0.4, -0.2) is 19.5 Å². The van der Waals surface area contributed by atoms with E-state index in [0.29, 0.717) is 14.2 Å². The summed E-state index contributed by atoms with van der Waals surface area (Å²) in [5.74, 6) is -1.18. The van der Waals surface area contributed by atoms with Crippen LogP contribution in [-0.2, 0) is 10.0 Å². The number of rotatable bonds is 4. The molecular weight excluding hydrogens is 378 g/mol. The fourth-order valence-electron chi connectivity index (χ4n) is 1.87. The minimum atomic E-state index is -3.83. The van der Waals surface area contributed by atoms with Crippen molar-refractivity contribution in [1.29, 1.82) is 0 Å². The summed E-state index contributed by atoms with van der Waals surface area (Å²) in [5.41, 5.74) is 0.558. The number of benzene rings is 1. The van der Waals surface area contributed by atoms with Crippen LogP contribution >= 0.6 is 27.3 Å². The standard InChI is InChI=1S/C13H12BrNO4S2/c1-7-4-3-5-9(13(16)17)12(7)15-21(18,19)10-6-11(14)20-8(10)2/h3-6,15H,1-2H3,(H,16,17). The van der Waals surface area contributed by atoms with Crippen LogP contribution in [0.2, 0.25) is 0 Å². The molecule has 0 atom stereocenters. The summed E-state index contributed by atoms with van der Waals surface area (Å²) in [7, 11) is -3.83. The molecule has 0 amide bonds. The molecule has 1 aromatic heterocycles. The van der Waals surface area contributed by atoms with Gasteiger partial charge in [0, 0.05) is 4.88 Å². The molecule has 5 nitrogen and oxygen atoms in total. The van der Waals surface area contributed by atoms with Crippen LogP contribution in [0.5, 0.6) is 0 Å².